The van der Waals surface area contributed by atoms with Gasteiger partial charge in [-0.15, -0.1) is 0 Å². The van der Waals surface area contributed by atoms with E-state index in [1.807, 2.05) is 55.1 Å². The van der Waals surface area contributed by atoms with E-state index in [1.165, 1.54) is 5.56 Å². The molecule has 0 saturated carbocycles. The summed E-state index contributed by atoms with van der Waals surface area (Å²) < 4.78 is 5.48. The Kier molecular flexibility index (Phi) is 8.22. The van der Waals surface area contributed by atoms with Crippen molar-refractivity contribution in [3.63, 3.8) is 0 Å². The van der Waals surface area contributed by atoms with Crippen molar-refractivity contribution in [3.8, 4) is 5.75 Å². The van der Waals surface area contributed by atoms with E-state index >= 15 is 0 Å². The second kappa shape index (κ2) is 10.4. The molecule has 128 valence electrons. The van der Waals surface area contributed by atoms with Gasteiger partial charge < -0.3 is 15.4 Å². The third-order valence-electron chi connectivity index (χ3n) is 3.12. The Hall–Kier alpha value is -1.43. The van der Waals surface area contributed by atoms with Crippen LogP contribution in [0.25, 0.3) is 0 Å². The zero-order valence-electron chi connectivity index (χ0n) is 13.5. The molecule has 0 aromatic heterocycles. The van der Waals surface area contributed by atoms with Gasteiger partial charge >= 0.3 is 0 Å². The number of thioether (sulfide) groups is 1. The SMILES string of the molecule is CCOc1cccc(NC(=S)NCCSCc2ccc(Cl)cc2)c1. The van der Waals surface area contributed by atoms with Gasteiger partial charge in [-0.25, -0.2) is 0 Å². The molecule has 6 heteroatoms. The number of thiocarbonyl (C=S) groups is 1. The highest BCUT2D eigenvalue weighted by molar-refractivity contribution is 7.98. The van der Waals surface area contributed by atoms with E-state index < -0.39 is 0 Å². The fourth-order valence-electron chi connectivity index (χ4n) is 2.01. The molecule has 3 nitrogen and oxygen atoms in total. The highest BCUT2D eigenvalue weighted by Crippen LogP contribution is 2.17. The van der Waals surface area contributed by atoms with Gasteiger partial charge in [-0.1, -0.05) is 29.8 Å². The van der Waals surface area contributed by atoms with Gasteiger partial charge in [0, 0.05) is 34.8 Å². The van der Waals surface area contributed by atoms with Crippen LogP contribution in [0.1, 0.15) is 12.5 Å². The Morgan fingerprint density at radius 3 is 2.75 bits per heavy atom. The molecule has 0 fully saturated rings. The maximum Gasteiger partial charge on any atom is 0.170 e. The van der Waals surface area contributed by atoms with Crippen molar-refractivity contribution in [1.29, 1.82) is 0 Å². The summed E-state index contributed by atoms with van der Waals surface area (Å²) in [6.45, 7) is 3.43. The van der Waals surface area contributed by atoms with Gasteiger partial charge in [0.05, 0.1) is 6.61 Å². The van der Waals surface area contributed by atoms with Crippen LogP contribution < -0.4 is 15.4 Å². The van der Waals surface area contributed by atoms with Crippen LogP contribution in [-0.2, 0) is 5.75 Å². The molecular formula is C18H21ClN2OS2. The molecule has 24 heavy (non-hydrogen) atoms. The predicted molar refractivity (Wildman–Crippen MR) is 109 cm³/mol. The molecule has 0 bridgehead atoms. The van der Waals surface area contributed by atoms with Crippen LogP contribution in [0, 0.1) is 0 Å². The molecule has 0 aliphatic carbocycles. The van der Waals surface area contributed by atoms with Gasteiger partial charge in [0.2, 0.25) is 0 Å². The fraction of sp³-hybridized carbons (Fsp3) is 0.278. The average Bonchev–Trinajstić information content (AvgIpc) is 2.57. The lowest BCUT2D eigenvalue weighted by atomic mass is 10.2. The van der Waals surface area contributed by atoms with E-state index in [9.17, 15) is 0 Å². The predicted octanol–water partition coefficient (Wildman–Crippen LogP) is 4.96. The van der Waals surface area contributed by atoms with Crippen molar-refractivity contribution < 1.29 is 4.74 Å². The molecule has 2 aromatic rings. The summed E-state index contributed by atoms with van der Waals surface area (Å²) in [4.78, 5) is 0. The van der Waals surface area contributed by atoms with E-state index in [0.29, 0.717) is 11.7 Å². The summed E-state index contributed by atoms with van der Waals surface area (Å²) in [6.07, 6.45) is 0. The molecule has 0 unspecified atom stereocenters. The quantitative estimate of drug-likeness (QED) is 0.499. The van der Waals surface area contributed by atoms with E-state index in [-0.39, 0.29) is 0 Å². The molecule has 0 aliphatic rings. The topological polar surface area (TPSA) is 33.3 Å². The van der Waals surface area contributed by atoms with Crippen LogP contribution in [-0.4, -0.2) is 24.0 Å². The van der Waals surface area contributed by atoms with Gasteiger partial charge in [-0.05, 0) is 49.0 Å². The van der Waals surface area contributed by atoms with Crippen molar-refractivity contribution in [2.24, 2.45) is 0 Å². The summed E-state index contributed by atoms with van der Waals surface area (Å²) in [7, 11) is 0. The van der Waals surface area contributed by atoms with Crippen LogP contribution in [0.15, 0.2) is 48.5 Å². The summed E-state index contributed by atoms with van der Waals surface area (Å²) in [6, 6.07) is 15.7. The smallest absolute Gasteiger partial charge is 0.170 e. The second-order valence-corrected chi connectivity index (χ2v) is 6.97. The van der Waals surface area contributed by atoms with E-state index in [2.05, 4.69) is 22.8 Å². The molecule has 0 heterocycles. The third-order valence-corrected chi connectivity index (χ3v) is 4.65. The number of anilines is 1. The Morgan fingerprint density at radius 2 is 2.00 bits per heavy atom. The largest absolute Gasteiger partial charge is 0.494 e. The van der Waals surface area contributed by atoms with Gasteiger partial charge in [0.25, 0.3) is 0 Å². The molecule has 0 saturated heterocycles. The average molecular weight is 381 g/mol. The standard InChI is InChI=1S/C18H21ClN2OS2/c1-2-22-17-5-3-4-16(12-17)21-18(23)20-10-11-24-13-14-6-8-15(19)9-7-14/h3-9,12H,2,10-11,13H2,1H3,(H2,20,21,23). The number of benzene rings is 2. The highest BCUT2D eigenvalue weighted by Gasteiger charge is 2.00. The fourth-order valence-corrected chi connectivity index (χ4v) is 3.18. The Balaban J connectivity index is 1.64. The number of nitrogens with one attached hydrogen (secondary N) is 2. The number of hydrogen-bond acceptors (Lipinski definition) is 3. The van der Waals surface area contributed by atoms with Crippen molar-refractivity contribution in [2.45, 2.75) is 12.7 Å². The summed E-state index contributed by atoms with van der Waals surface area (Å²) in [5, 5.41) is 7.78. The zero-order valence-corrected chi connectivity index (χ0v) is 15.9. The summed E-state index contributed by atoms with van der Waals surface area (Å²) in [5.41, 5.74) is 2.20. The molecule has 0 amide bonds. The first-order valence-electron chi connectivity index (χ1n) is 7.77. The van der Waals surface area contributed by atoms with Crippen molar-refractivity contribution in [3.05, 3.63) is 59.1 Å². The van der Waals surface area contributed by atoms with E-state index in [1.54, 1.807) is 0 Å². The first kappa shape index (κ1) is 18.9. The van der Waals surface area contributed by atoms with Crippen molar-refractivity contribution in [2.75, 3.05) is 24.2 Å². The maximum absolute atomic E-state index is 5.88. The van der Waals surface area contributed by atoms with E-state index in [4.69, 9.17) is 28.6 Å². The normalized spacial score (nSPS) is 10.2. The van der Waals surface area contributed by atoms with Gasteiger partial charge in [-0.2, -0.15) is 11.8 Å². The van der Waals surface area contributed by atoms with Crippen LogP contribution >= 0.6 is 35.6 Å². The zero-order chi connectivity index (χ0) is 17.2. The third kappa shape index (κ3) is 6.99. The first-order chi connectivity index (χ1) is 11.7. The number of halogens is 1. The van der Waals surface area contributed by atoms with Crippen LogP contribution in [0.5, 0.6) is 5.75 Å². The molecule has 2 N–H and O–H groups in total. The van der Waals surface area contributed by atoms with Gasteiger partial charge in [-0.3, -0.25) is 0 Å². The summed E-state index contributed by atoms with van der Waals surface area (Å²) >= 11 is 13.0. The maximum atomic E-state index is 5.88. The van der Waals surface area contributed by atoms with Crippen LogP contribution in [0.3, 0.4) is 0 Å². The monoisotopic (exact) mass is 380 g/mol. The second-order valence-electron chi connectivity index (χ2n) is 5.02. The first-order valence-corrected chi connectivity index (χ1v) is 9.71. The molecule has 2 rings (SSSR count). The number of hydrogen-bond donors (Lipinski definition) is 2. The Labute approximate surface area is 158 Å². The van der Waals surface area contributed by atoms with Crippen LogP contribution in [0.2, 0.25) is 5.02 Å². The summed E-state index contributed by atoms with van der Waals surface area (Å²) in [5.74, 6) is 2.78. The molecule has 0 aliphatic heterocycles. The minimum atomic E-state index is 0.621. The van der Waals surface area contributed by atoms with Crippen LogP contribution in [0.4, 0.5) is 5.69 Å². The van der Waals surface area contributed by atoms with Crippen molar-refractivity contribution in [1.82, 2.24) is 5.32 Å². The molecular weight excluding hydrogens is 360 g/mol. The molecule has 2 aromatic carbocycles. The lowest BCUT2D eigenvalue weighted by Crippen LogP contribution is -2.30. The molecule has 0 atom stereocenters. The highest BCUT2D eigenvalue weighted by atomic mass is 35.5. The minimum absolute atomic E-state index is 0.621. The Morgan fingerprint density at radius 1 is 1.21 bits per heavy atom. The van der Waals surface area contributed by atoms with Gasteiger partial charge in [0.1, 0.15) is 5.75 Å². The molecule has 0 radical (unpaired) electrons. The van der Waals surface area contributed by atoms with E-state index in [0.717, 1.165) is 34.5 Å². The van der Waals surface area contributed by atoms with Crippen molar-refractivity contribution >= 4 is 46.4 Å². The lowest BCUT2D eigenvalue weighted by Gasteiger charge is -2.11. The molecule has 0 spiro atoms. The number of rotatable bonds is 8. The number of ether oxygens (including phenoxy) is 1. The lowest BCUT2D eigenvalue weighted by molar-refractivity contribution is 0.340. The minimum Gasteiger partial charge on any atom is -0.494 e. The Bertz CT molecular complexity index is 650. The van der Waals surface area contributed by atoms with Gasteiger partial charge in [0.15, 0.2) is 5.11 Å².